The molecule has 0 radical (unpaired) electrons. The molecule has 0 aliphatic rings. The number of rotatable bonds is 9. The monoisotopic (exact) mass is 202 g/mol. The third-order valence-corrected chi connectivity index (χ3v) is 2.12. The summed E-state index contributed by atoms with van der Waals surface area (Å²) in [5.41, 5.74) is 5.51. The molecule has 0 bridgehead atoms. The second-order valence-corrected chi connectivity index (χ2v) is 4.18. The van der Waals surface area contributed by atoms with Gasteiger partial charge in [0, 0.05) is 26.8 Å². The summed E-state index contributed by atoms with van der Waals surface area (Å²) in [7, 11) is 1.76. The van der Waals surface area contributed by atoms with Crippen LogP contribution in [-0.2, 0) is 4.74 Å². The van der Waals surface area contributed by atoms with E-state index in [1.54, 1.807) is 7.11 Å². The van der Waals surface area contributed by atoms with Crippen LogP contribution < -0.4 is 5.73 Å². The summed E-state index contributed by atoms with van der Waals surface area (Å²) >= 11 is 0. The molecule has 0 unspecified atom stereocenters. The van der Waals surface area contributed by atoms with E-state index in [-0.39, 0.29) is 0 Å². The molecule has 0 atom stereocenters. The highest BCUT2D eigenvalue weighted by atomic mass is 16.5. The Morgan fingerprint density at radius 1 is 1.21 bits per heavy atom. The van der Waals surface area contributed by atoms with Gasteiger partial charge in [0.2, 0.25) is 0 Å². The molecule has 0 aliphatic heterocycles. The van der Waals surface area contributed by atoms with Crippen molar-refractivity contribution < 1.29 is 4.74 Å². The highest BCUT2D eigenvalue weighted by Crippen LogP contribution is 2.01. The first-order chi connectivity index (χ1) is 6.70. The van der Waals surface area contributed by atoms with E-state index in [0.717, 1.165) is 45.0 Å². The van der Waals surface area contributed by atoms with Crippen LogP contribution in [0.25, 0.3) is 0 Å². The predicted molar refractivity (Wildman–Crippen MR) is 61.4 cm³/mol. The lowest BCUT2D eigenvalue weighted by molar-refractivity contribution is 0.165. The van der Waals surface area contributed by atoms with Crippen molar-refractivity contribution in [2.45, 2.75) is 26.7 Å². The number of hydrogen-bond acceptors (Lipinski definition) is 3. The molecular weight excluding hydrogens is 176 g/mol. The van der Waals surface area contributed by atoms with Gasteiger partial charge >= 0.3 is 0 Å². The Morgan fingerprint density at radius 2 is 1.86 bits per heavy atom. The first-order valence-electron chi connectivity index (χ1n) is 5.62. The van der Waals surface area contributed by atoms with E-state index in [9.17, 15) is 0 Å². The summed E-state index contributed by atoms with van der Waals surface area (Å²) in [6.45, 7) is 9.59. The third kappa shape index (κ3) is 8.48. The molecule has 0 aromatic carbocycles. The van der Waals surface area contributed by atoms with Crippen LogP contribution in [0, 0.1) is 5.92 Å². The molecule has 0 aliphatic carbocycles. The van der Waals surface area contributed by atoms with E-state index < -0.39 is 0 Å². The average molecular weight is 202 g/mol. The summed E-state index contributed by atoms with van der Waals surface area (Å²) in [6, 6.07) is 0. The summed E-state index contributed by atoms with van der Waals surface area (Å²) < 4.78 is 5.05. The lowest BCUT2D eigenvalue weighted by Crippen LogP contribution is -2.31. The van der Waals surface area contributed by atoms with Gasteiger partial charge in [0.25, 0.3) is 0 Å². The molecule has 0 saturated carbocycles. The van der Waals surface area contributed by atoms with Crippen molar-refractivity contribution >= 4 is 0 Å². The molecule has 14 heavy (non-hydrogen) atoms. The zero-order chi connectivity index (χ0) is 10.8. The van der Waals surface area contributed by atoms with Gasteiger partial charge < -0.3 is 15.4 Å². The zero-order valence-electron chi connectivity index (χ0n) is 9.96. The van der Waals surface area contributed by atoms with Crippen molar-refractivity contribution in [2.75, 3.05) is 39.9 Å². The van der Waals surface area contributed by atoms with Crippen LogP contribution in [0.1, 0.15) is 26.7 Å². The Morgan fingerprint density at radius 3 is 2.36 bits per heavy atom. The van der Waals surface area contributed by atoms with E-state index in [2.05, 4.69) is 18.7 Å². The van der Waals surface area contributed by atoms with E-state index in [4.69, 9.17) is 10.5 Å². The lowest BCUT2D eigenvalue weighted by atomic mass is 10.2. The minimum atomic E-state index is 0.732. The first-order valence-corrected chi connectivity index (χ1v) is 5.62. The Labute approximate surface area is 88.6 Å². The topological polar surface area (TPSA) is 38.5 Å². The van der Waals surface area contributed by atoms with Gasteiger partial charge in [-0.15, -0.1) is 0 Å². The number of hydrogen-bond donors (Lipinski definition) is 1. The minimum Gasteiger partial charge on any atom is -0.385 e. The number of nitrogens with two attached hydrogens (primary N) is 1. The van der Waals surface area contributed by atoms with Crippen LogP contribution in [0.4, 0.5) is 0 Å². The highest BCUT2D eigenvalue weighted by molar-refractivity contribution is 4.60. The minimum absolute atomic E-state index is 0.732. The summed E-state index contributed by atoms with van der Waals surface area (Å²) in [4.78, 5) is 2.48. The van der Waals surface area contributed by atoms with Crippen molar-refractivity contribution in [3.63, 3.8) is 0 Å². The average Bonchev–Trinajstić information content (AvgIpc) is 2.13. The van der Waals surface area contributed by atoms with Crippen LogP contribution in [0.2, 0.25) is 0 Å². The SMILES string of the molecule is COCCCN(CCCN)CC(C)C. The van der Waals surface area contributed by atoms with Gasteiger partial charge in [-0.05, 0) is 31.8 Å². The molecule has 0 fully saturated rings. The van der Waals surface area contributed by atoms with Gasteiger partial charge in [0.15, 0.2) is 0 Å². The Bertz CT molecular complexity index is 118. The van der Waals surface area contributed by atoms with E-state index in [1.807, 2.05) is 0 Å². The fourth-order valence-electron chi connectivity index (χ4n) is 1.56. The van der Waals surface area contributed by atoms with Crippen molar-refractivity contribution in [3.8, 4) is 0 Å². The van der Waals surface area contributed by atoms with Gasteiger partial charge in [-0.1, -0.05) is 13.8 Å². The zero-order valence-corrected chi connectivity index (χ0v) is 9.96. The molecule has 3 nitrogen and oxygen atoms in total. The Balaban J connectivity index is 3.61. The second-order valence-electron chi connectivity index (χ2n) is 4.18. The highest BCUT2D eigenvalue weighted by Gasteiger charge is 2.05. The third-order valence-electron chi connectivity index (χ3n) is 2.12. The summed E-state index contributed by atoms with van der Waals surface area (Å²) in [5, 5.41) is 0. The van der Waals surface area contributed by atoms with Gasteiger partial charge in [-0.3, -0.25) is 0 Å². The normalized spacial score (nSPS) is 11.6. The van der Waals surface area contributed by atoms with E-state index >= 15 is 0 Å². The lowest BCUT2D eigenvalue weighted by Gasteiger charge is -2.23. The molecular formula is C11H26N2O. The van der Waals surface area contributed by atoms with Crippen LogP contribution in [-0.4, -0.2) is 44.8 Å². The fourth-order valence-corrected chi connectivity index (χ4v) is 1.56. The number of methoxy groups -OCH3 is 1. The summed E-state index contributed by atoms with van der Waals surface area (Å²) in [6.07, 6.45) is 2.22. The standard InChI is InChI=1S/C11H26N2O/c1-11(2)10-13(7-4-6-12)8-5-9-14-3/h11H,4-10,12H2,1-3H3. The van der Waals surface area contributed by atoms with Crippen LogP contribution in [0.5, 0.6) is 0 Å². The Kier molecular flexibility index (Phi) is 9.35. The molecule has 0 aromatic rings. The van der Waals surface area contributed by atoms with Gasteiger partial charge in [0.05, 0.1) is 0 Å². The Hall–Kier alpha value is -0.120. The van der Waals surface area contributed by atoms with Crippen LogP contribution in [0.3, 0.4) is 0 Å². The van der Waals surface area contributed by atoms with Gasteiger partial charge in [0.1, 0.15) is 0 Å². The first kappa shape index (κ1) is 13.9. The van der Waals surface area contributed by atoms with Crippen molar-refractivity contribution in [1.82, 2.24) is 4.90 Å². The molecule has 0 rings (SSSR count). The number of ether oxygens (including phenoxy) is 1. The van der Waals surface area contributed by atoms with Crippen molar-refractivity contribution in [2.24, 2.45) is 11.7 Å². The molecule has 0 saturated heterocycles. The summed E-state index contributed by atoms with van der Waals surface area (Å²) in [5.74, 6) is 0.732. The van der Waals surface area contributed by atoms with Crippen LogP contribution in [0.15, 0.2) is 0 Å². The van der Waals surface area contributed by atoms with Crippen molar-refractivity contribution in [1.29, 1.82) is 0 Å². The smallest absolute Gasteiger partial charge is 0.0474 e. The van der Waals surface area contributed by atoms with E-state index in [1.165, 1.54) is 6.54 Å². The fraction of sp³-hybridized carbons (Fsp3) is 1.00. The molecule has 3 heteroatoms. The molecule has 0 aromatic heterocycles. The molecule has 2 N–H and O–H groups in total. The predicted octanol–water partition coefficient (Wildman–Crippen LogP) is 1.33. The van der Waals surface area contributed by atoms with Crippen LogP contribution >= 0.6 is 0 Å². The molecule has 86 valence electrons. The largest absolute Gasteiger partial charge is 0.385 e. The van der Waals surface area contributed by atoms with Gasteiger partial charge in [-0.25, -0.2) is 0 Å². The van der Waals surface area contributed by atoms with Crippen molar-refractivity contribution in [3.05, 3.63) is 0 Å². The maximum absolute atomic E-state index is 5.51. The molecule has 0 spiro atoms. The maximum atomic E-state index is 5.51. The maximum Gasteiger partial charge on any atom is 0.0474 e. The molecule has 0 heterocycles. The quantitative estimate of drug-likeness (QED) is 0.573. The number of nitrogens with zero attached hydrogens (tertiary/aromatic N) is 1. The molecule has 0 amide bonds. The second kappa shape index (κ2) is 9.44. The van der Waals surface area contributed by atoms with E-state index in [0.29, 0.717) is 0 Å². The van der Waals surface area contributed by atoms with Gasteiger partial charge in [-0.2, -0.15) is 0 Å².